The van der Waals surface area contributed by atoms with Crippen molar-refractivity contribution >= 4 is 33.4 Å². The molecule has 0 saturated carbocycles. The molecule has 0 atom stereocenters. The van der Waals surface area contributed by atoms with E-state index in [9.17, 15) is 22.8 Å². The highest BCUT2D eigenvalue weighted by Gasteiger charge is 2.30. The molecule has 4 nitrogen and oxygen atoms in total. The highest BCUT2D eigenvalue weighted by Crippen LogP contribution is 2.30. The van der Waals surface area contributed by atoms with Crippen molar-refractivity contribution in [3.05, 3.63) is 64.1 Å². The lowest BCUT2D eigenvalue weighted by atomic mass is 10.2. The monoisotopic (exact) mass is 400 g/mol. The van der Waals surface area contributed by atoms with Gasteiger partial charge in [0.25, 0.3) is 5.91 Å². The van der Waals surface area contributed by atoms with E-state index in [0.29, 0.717) is 10.0 Å². The molecule has 0 bridgehead atoms. The summed E-state index contributed by atoms with van der Waals surface area (Å²) in [6.07, 6.45) is -4.49. The topological polar surface area (TPSA) is 58.2 Å². The summed E-state index contributed by atoms with van der Waals surface area (Å²) < 4.78 is 38.5. The second-order valence-electron chi connectivity index (χ2n) is 4.82. The van der Waals surface area contributed by atoms with Crippen LogP contribution >= 0.6 is 15.9 Å². The van der Waals surface area contributed by atoms with Crippen LogP contribution in [0.15, 0.2) is 53.0 Å². The van der Waals surface area contributed by atoms with Crippen LogP contribution in [0.4, 0.5) is 18.9 Å². The number of benzene rings is 2. The van der Waals surface area contributed by atoms with E-state index in [1.807, 2.05) is 0 Å². The Kier molecular flexibility index (Phi) is 5.61. The molecule has 2 amide bonds. The van der Waals surface area contributed by atoms with Gasteiger partial charge in [0.15, 0.2) is 0 Å². The zero-order valence-corrected chi connectivity index (χ0v) is 13.7. The van der Waals surface area contributed by atoms with Crippen molar-refractivity contribution in [3.8, 4) is 0 Å². The van der Waals surface area contributed by atoms with E-state index >= 15 is 0 Å². The molecule has 0 saturated heterocycles. The quantitative estimate of drug-likeness (QED) is 0.818. The van der Waals surface area contributed by atoms with Gasteiger partial charge in [0.2, 0.25) is 5.91 Å². The Morgan fingerprint density at radius 3 is 2.42 bits per heavy atom. The number of hydrogen-bond acceptors (Lipinski definition) is 2. The number of hydrogen-bond donors (Lipinski definition) is 2. The molecule has 2 aromatic carbocycles. The van der Waals surface area contributed by atoms with Gasteiger partial charge in [-0.1, -0.05) is 28.1 Å². The van der Waals surface area contributed by atoms with Gasteiger partial charge < -0.3 is 10.6 Å². The van der Waals surface area contributed by atoms with Crippen molar-refractivity contribution in [1.29, 1.82) is 0 Å². The first-order chi connectivity index (χ1) is 11.3. The minimum atomic E-state index is -4.49. The molecule has 2 aromatic rings. The minimum Gasteiger partial charge on any atom is -0.343 e. The lowest BCUT2D eigenvalue weighted by molar-refractivity contribution is -0.137. The van der Waals surface area contributed by atoms with Crippen LogP contribution in [0.2, 0.25) is 0 Å². The van der Waals surface area contributed by atoms with Gasteiger partial charge in [-0.2, -0.15) is 13.2 Å². The average Bonchev–Trinajstić information content (AvgIpc) is 2.52. The van der Waals surface area contributed by atoms with E-state index < -0.39 is 23.6 Å². The Morgan fingerprint density at radius 2 is 1.75 bits per heavy atom. The van der Waals surface area contributed by atoms with Crippen LogP contribution in [0, 0.1) is 0 Å². The van der Waals surface area contributed by atoms with Gasteiger partial charge in [-0.3, -0.25) is 9.59 Å². The SMILES string of the molecule is O=C(CNC(=O)c1cccc(Br)c1)Nc1cccc(C(F)(F)F)c1. The smallest absolute Gasteiger partial charge is 0.343 e. The zero-order chi connectivity index (χ0) is 17.7. The van der Waals surface area contributed by atoms with Crippen molar-refractivity contribution in [2.45, 2.75) is 6.18 Å². The molecule has 0 unspecified atom stereocenters. The fraction of sp³-hybridized carbons (Fsp3) is 0.125. The molecular weight excluding hydrogens is 389 g/mol. The molecule has 0 aliphatic heterocycles. The average molecular weight is 401 g/mol. The van der Waals surface area contributed by atoms with E-state index in [4.69, 9.17) is 0 Å². The first-order valence-corrected chi connectivity index (χ1v) is 7.56. The van der Waals surface area contributed by atoms with Gasteiger partial charge in [-0.15, -0.1) is 0 Å². The number of halogens is 4. The maximum absolute atomic E-state index is 12.6. The number of carbonyl (C=O) groups excluding carboxylic acids is 2. The van der Waals surface area contributed by atoms with E-state index in [1.165, 1.54) is 12.1 Å². The zero-order valence-electron chi connectivity index (χ0n) is 12.2. The fourth-order valence-corrected chi connectivity index (χ4v) is 2.27. The lowest BCUT2D eigenvalue weighted by Crippen LogP contribution is -2.32. The summed E-state index contributed by atoms with van der Waals surface area (Å²) in [5, 5.41) is 4.71. The summed E-state index contributed by atoms with van der Waals surface area (Å²) >= 11 is 3.23. The van der Waals surface area contributed by atoms with Crippen LogP contribution in [0.25, 0.3) is 0 Å². The minimum absolute atomic E-state index is 0.00605. The molecule has 8 heteroatoms. The summed E-state index contributed by atoms with van der Waals surface area (Å²) in [7, 11) is 0. The van der Waals surface area contributed by atoms with Crippen molar-refractivity contribution in [2.75, 3.05) is 11.9 Å². The molecule has 2 rings (SSSR count). The first-order valence-electron chi connectivity index (χ1n) is 6.76. The molecule has 0 aliphatic rings. The number of nitrogens with one attached hydrogen (secondary N) is 2. The standard InChI is InChI=1S/C16H12BrF3N2O2/c17-12-5-1-3-10(7-12)15(24)21-9-14(23)22-13-6-2-4-11(8-13)16(18,19)20/h1-8H,9H2,(H,21,24)(H,22,23). The largest absolute Gasteiger partial charge is 0.416 e. The lowest BCUT2D eigenvalue weighted by Gasteiger charge is -2.10. The van der Waals surface area contributed by atoms with Gasteiger partial charge in [0.1, 0.15) is 0 Å². The summed E-state index contributed by atoms with van der Waals surface area (Å²) in [5.74, 6) is -1.09. The summed E-state index contributed by atoms with van der Waals surface area (Å²) in [5.41, 5.74) is -0.499. The Hall–Kier alpha value is -2.35. The summed E-state index contributed by atoms with van der Waals surface area (Å²) in [6.45, 7) is -0.360. The van der Waals surface area contributed by atoms with Crippen LogP contribution in [0.1, 0.15) is 15.9 Å². The molecule has 0 heterocycles. The first kappa shape index (κ1) is 18.0. The third kappa shape index (κ3) is 5.09. The van der Waals surface area contributed by atoms with Crippen molar-refractivity contribution in [3.63, 3.8) is 0 Å². The predicted molar refractivity (Wildman–Crippen MR) is 86.5 cm³/mol. The highest BCUT2D eigenvalue weighted by atomic mass is 79.9. The van der Waals surface area contributed by atoms with E-state index in [2.05, 4.69) is 26.6 Å². The number of carbonyl (C=O) groups is 2. The maximum atomic E-state index is 12.6. The third-order valence-corrected chi connectivity index (χ3v) is 3.46. The Bertz CT molecular complexity index is 763. The molecule has 0 aliphatic carbocycles. The third-order valence-electron chi connectivity index (χ3n) is 2.97. The van der Waals surface area contributed by atoms with Gasteiger partial charge in [0, 0.05) is 15.7 Å². The van der Waals surface area contributed by atoms with Gasteiger partial charge in [-0.25, -0.2) is 0 Å². The van der Waals surface area contributed by atoms with Gasteiger partial charge in [0.05, 0.1) is 12.1 Å². The van der Waals surface area contributed by atoms with E-state index in [-0.39, 0.29) is 12.2 Å². The number of alkyl halides is 3. The number of rotatable bonds is 4. The normalized spacial score (nSPS) is 11.0. The van der Waals surface area contributed by atoms with Crippen molar-refractivity contribution in [2.24, 2.45) is 0 Å². The van der Waals surface area contributed by atoms with E-state index in [0.717, 1.165) is 12.1 Å². The fourth-order valence-electron chi connectivity index (χ4n) is 1.87. The molecule has 0 spiro atoms. The Labute approximate surface area is 144 Å². The van der Waals surface area contributed by atoms with Crippen LogP contribution in [0.3, 0.4) is 0 Å². The summed E-state index contributed by atoms with van der Waals surface area (Å²) in [4.78, 5) is 23.6. The van der Waals surface area contributed by atoms with Crippen LogP contribution in [-0.4, -0.2) is 18.4 Å². The van der Waals surface area contributed by atoms with Crippen molar-refractivity contribution < 1.29 is 22.8 Å². The Balaban J connectivity index is 1.93. The molecule has 0 aromatic heterocycles. The molecule has 24 heavy (non-hydrogen) atoms. The maximum Gasteiger partial charge on any atom is 0.416 e. The highest BCUT2D eigenvalue weighted by molar-refractivity contribution is 9.10. The van der Waals surface area contributed by atoms with Crippen LogP contribution < -0.4 is 10.6 Å². The predicted octanol–water partition coefficient (Wildman–Crippen LogP) is 3.84. The number of anilines is 1. The molecular formula is C16H12BrF3N2O2. The van der Waals surface area contributed by atoms with Crippen LogP contribution in [0.5, 0.6) is 0 Å². The van der Waals surface area contributed by atoms with E-state index in [1.54, 1.807) is 24.3 Å². The molecule has 0 fully saturated rings. The second-order valence-corrected chi connectivity index (χ2v) is 5.74. The van der Waals surface area contributed by atoms with Crippen molar-refractivity contribution in [1.82, 2.24) is 5.32 Å². The molecule has 126 valence electrons. The van der Waals surface area contributed by atoms with Gasteiger partial charge >= 0.3 is 6.18 Å². The molecule has 2 N–H and O–H groups in total. The Morgan fingerprint density at radius 1 is 1.04 bits per heavy atom. The number of amides is 2. The van der Waals surface area contributed by atoms with Gasteiger partial charge in [-0.05, 0) is 36.4 Å². The summed E-state index contributed by atoms with van der Waals surface area (Å²) in [6, 6.07) is 10.8. The van der Waals surface area contributed by atoms with Crippen LogP contribution in [-0.2, 0) is 11.0 Å². The molecule has 0 radical (unpaired) electrons. The second kappa shape index (κ2) is 7.48.